The molecule has 110 valence electrons. The molecular formula is C16H17NO3S. The molecule has 1 amide bonds. The number of benzene rings is 2. The van der Waals surface area contributed by atoms with E-state index in [1.165, 1.54) is 6.07 Å². The number of hydrogen-bond acceptors (Lipinski definition) is 3. The fraction of sp³-hybridized carbons (Fsp3) is 0.188. The average Bonchev–Trinajstić information content (AvgIpc) is 2.41. The number of rotatable bonds is 4. The summed E-state index contributed by atoms with van der Waals surface area (Å²) >= 11 is 0. The molecule has 21 heavy (non-hydrogen) atoms. The minimum Gasteiger partial charge on any atom is -0.326 e. The van der Waals surface area contributed by atoms with Crippen molar-refractivity contribution in [3.63, 3.8) is 0 Å². The zero-order chi connectivity index (χ0) is 15.5. The van der Waals surface area contributed by atoms with Crippen molar-refractivity contribution in [2.24, 2.45) is 0 Å². The van der Waals surface area contributed by atoms with Crippen molar-refractivity contribution >= 4 is 21.4 Å². The summed E-state index contributed by atoms with van der Waals surface area (Å²) in [4.78, 5) is 12.2. The van der Waals surface area contributed by atoms with Crippen LogP contribution in [0.3, 0.4) is 0 Å². The monoisotopic (exact) mass is 303 g/mol. The van der Waals surface area contributed by atoms with E-state index in [4.69, 9.17) is 0 Å². The molecule has 5 heteroatoms. The van der Waals surface area contributed by atoms with E-state index in [1.54, 1.807) is 18.2 Å². The average molecular weight is 303 g/mol. The maximum Gasteiger partial charge on any atom is 0.228 e. The maximum absolute atomic E-state index is 12.0. The Morgan fingerprint density at radius 2 is 1.67 bits per heavy atom. The highest BCUT2D eigenvalue weighted by Gasteiger charge is 2.15. The predicted octanol–water partition coefficient (Wildman–Crippen LogP) is 2.58. The molecule has 0 heterocycles. The van der Waals surface area contributed by atoms with Crippen molar-refractivity contribution in [3.8, 4) is 0 Å². The van der Waals surface area contributed by atoms with E-state index in [9.17, 15) is 13.2 Å². The third-order valence-corrected chi connectivity index (χ3v) is 4.26. The molecule has 0 aliphatic heterocycles. The number of anilines is 1. The highest BCUT2D eigenvalue weighted by molar-refractivity contribution is 7.90. The SMILES string of the molecule is Cc1ccc(NC(=O)Cc2ccccc2S(C)(=O)=O)cc1. The quantitative estimate of drug-likeness (QED) is 0.944. The van der Waals surface area contributed by atoms with Gasteiger partial charge in [0.1, 0.15) is 0 Å². The molecule has 0 aliphatic rings. The van der Waals surface area contributed by atoms with Gasteiger partial charge in [0.15, 0.2) is 9.84 Å². The van der Waals surface area contributed by atoms with Crippen LogP contribution in [0.5, 0.6) is 0 Å². The molecule has 0 atom stereocenters. The Labute approximate surface area is 124 Å². The summed E-state index contributed by atoms with van der Waals surface area (Å²) in [6, 6.07) is 14.0. The van der Waals surface area contributed by atoms with Gasteiger partial charge in [-0.05, 0) is 30.7 Å². The first-order chi connectivity index (χ1) is 9.86. The Morgan fingerprint density at radius 1 is 1.05 bits per heavy atom. The highest BCUT2D eigenvalue weighted by Crippen LogP contribution is 2.17. The normalized spacial score (nSPS) is 11.1. The van der Waals surface area contributed by atoms with Gasteiger partial charge in [-0.25, -0.2) is 8.42 Å². The Kier molecular flexibility index (Phi) is 4.43. The summed E-state index contributed by atoms with van der Waals surface area (Å²) in [5.74, 6) is -0.241. The summed E-state index contributed by atoms with van der Waals surface area (Å²) in [6.07, 6.45) is 1.17. The van der Waals surface area contributed by atoms with Gasteiger partial charge < -0.3 is 5.32 Å². The van der Waals surface area contributed by atoms with Crippen LogP contribution in [0.4, 0.5) is 5.69 Å². The molecule has 2 aromatic rings. The van der Waals surface area contributed by atoms with Crippen LogP contribution in [0, 0.1) is 6.92 Å². The summed E-state index contributed by atoms with van der Waals surface area (Å²) in [6.45, 7) is 1.97. The molecule has 1 N–H and O–H groups in total. The number of carbonyl (C=O) groups is 1. The summed E-state index contributed by atoms with van der Waals surface area (Å²) in [5.41, 5.74) is 2.31. The van der Waals surface area contributed by atoms with Crippen LogP contribution < -0.4 is 5.32 Å². The van der Waals surface area contributed by atoms with Gasteiger partial charge in [0.05, 0.1) is 11.3 Å². The molecule has 4 nitrogen and oxygen atoms in total. The zero-order valence-corrected chi connectivity index (χ0v) is 12.8. The van der Waals surface area contributed by atoms with Crippen molar-refractivity contribution in [1.29, 1.82) is 0 Å². The molecule has 0 unspecified atom stereocenters. The van der Waals surface area contributed by atoms with Crippen LogP contribution in [-0.4, -0.2) is 20.6 Å². The molecular weight excluding hydrogens is 286 g/mol. The van der Waals surface area contributed by atoms with Gasteiger partial charge in [-0.2, -0.15) is 0 Å². The lowest BCUT2D eigenvalue weighted by atomic mass is 10.1. The van der Waals surface area contributed by atoms with Crippen LogP contribution in [0.25, 0.3) is 0 Å². The van der Waals surface area contributed by atoms with Crippen LogP contribution in [-0.2, 0) is 21.1 Å². The van der Waals surface area contributed by atoms with Gasteiger partial charge in [-0.1, -0.05) is 35.9 Å². The lowest BCUT2D eigenvalue weighted by molar-refractivity contribution is -0.115. The molecule has 0 radical (unpaired) electrons. The topological polar surface area (TPSA) is 63.2 Å². The van der Waals surface area contributed by atoms with Crippen molar-refractivity contribution in [1.82, 2.24) is 0 Å². The van der Waals surface area contributed by atoms with Crippen molar-refractivity contribution < 1.29 is 13.2 Å². The number of aryl methyl sites for hydroxylation is 1. The van der Waals surface area contributed by atoms with Gasteiger partial charge in [0.2, 0.25) is 5.91 Å². The molecule has 0 fully saturated rings. The lowest BCUT2D eigenvalue weighted by Gasteiger charge is -2.09. The molecule has 2 rings (SSSR count). The number of sulfone groups is 1. The Hall–Kier alpha value is -2.14. The van der Waals surface area contributed by atoms with Gasteiger partial charge >= 0.3 is 0 Å². The first-order valence-electron chi connectivity index (χ1n) is 6.51. The minimum atomic E-state index is -3.34. The van der Waals surface area contributed by atoms with Gasteiger partial charge in [0.25, 0.3) is 0 Å². The van der Waals surface area contributed by atoms with E-state index in [1.807, 2.05) is 31.2 Å². The second-order valence-corrected chi connectivity index (χ2v) is 6.96. The molecule has 0 bridgehead atoms. The predicted molar refractivity (Wildman–Crippen MR) is 83.1 cm³/mol. The lowest BCUT2D eigenvalue weighted by Crippen LogP contribution is -2.16. The van der Waals surface area contributed by atoms with Crippen LogP contribution in [0.1, 0.15) is 11.1 Å². The number of nitrogens with one attached hydrogen (secondary N) is 1. The standard InChI is InChI=1S/C16H17NO3S/c1-12-7-9-14(10-8-12)17-16(18)11-13-5-3-4-6-15(13)21(2,19)20/h3-10H,11H2,1-2H3,(H,17,18). The van der Waals surface area contributed by atoms with Crippen molar-refractivity contribution in [2.45, 2.75) is 18.2 Å². The summed E-state index contributed by atoms with van der Waals surface area (Å²) in [5, 5.41) is 2.76. The third-order valence-electron chi connectivity index (χ3n) is 3.06. The number of amides is 1. The van der Waals surface area contributed by atoms with Crippen LogP contribution in [0.2, 0.25) is 0 Å². The second-order valence-electron chi connectivity index (χ2n) is 4.97. The maximum atomic E-state index is 12.0. The Balaban J connectivity index is 2.15. The zero-order valence-electron chi connectivity index (χ0n) is 12.0. The van der Waals surface area contributed by atoms with E-state index >= 15 is 0 Å². The molecule has 0 saturated carbocycles. The van der Waals surface area contributed by atoms with E-state index in [0.29, 0.717) is 11.3 Å². The van der Waals surface area contributed by atoms with Gasteiger partial charge in [0, 0.05) is 11.9 Å². The molecule has 2 aromatic carbocycles. The van der Waals surface area contributed by atoms with E-state index in [2.05, 4.69) is 5.32 Å². The van der Waals surface area contributed by atoms with E-state index < -0.39 is 9.84 Å². The Bertz CT molecular complexity index is 749. The Morgan fingerprint density at radius 3 is 2.29 bits per heavy atom. The summed E-state index contributed by atoms with van der Waals surface area (Å²) < 4.78 is 23.4. The second kappa shape index (κ2) is 6.10. The summed E-state index contributed by atoms with van der Waals surface area (Å²) in [7, 11) is -3.34. The minimum absolute atomic E-state index is 0.0249. The molecule has 0 aliphatic carbocycles. The van der Waals surface area contributed by atoms with E-state index in [0.717, 1.165) is 11.8 Å². The first-order valence-corrected chi connectivity index (χ1v) is 8.40. The molecule has 0 aromatic heterocycles. The van der Waals surface area contributed by atoms with Crippen LogP contribution in [0.15, 0.2) is 53.4 Å². The fourth-order valence-corrected chi connectivity index (χ4v) is 2.97. The number of hydrogen-bond donors (Lipinski definition) is 1. The van der Waals surface area contributed by atoms with Gasteiger partial charge in [-0.3, -0.25) is 4.79 Å². The van der Waals surface area contributed by atoms with Crippen molar-refractivity contribution in [2.75, 3.05) is 11.6 Å². The molecule has 0 saturated heterocycles. The first kappa shape index (κ1) is 15.3. The smallest absolute Gasteiger partial charge is 0.228 e. The van der Waals surface area contributed by atoms with E-state index in [-0.39, 0.29) is 17.2 Å². The third kappa shape index (κ3) is 4.16. The largest absolute Gasteiger partial charge is 0.326 e. The van der Waals surface area contributed by atoms with Gasteiger partial charge in [-0.15, -0.1) is 0 Å². The number of carbonyl (C=O) groups excluding carboxylic acids is 1. The highest BCUT2D eigenvalue weighted by atomic mass is 32.2. The fourth-order valence-electron chi connectivity index (χ4n) is 2.03. The van der Waals surface area contributed by atoms with Crippen molar-refractivity contribution in [3.05, 3.63) is 59.7 Å². The van der Waals surface area contributed by atoms with Crippen LogP contribution >= 0.6 is 0 Å². The molecule has 0 spiro atoms.